The molecule has 1 aliphatic rings. The summed E-state index contributed by atoms with van der Waals surface area (Å²) in [4.78, 5) is 25.2. The molecule has 0 aromatic heterocycles. The normalized spacial score (nSPS) is 15.3. The van der Waals surface area contributed by atoms with E-state index < -0.39 is 0 Å². The molecule has 90 valence electrons. The van der Waals surface area contributed by atoms with E-state index in [0.717, 1.165) is 10.5 Å². The minimum atomic E-state index is -0.310. The number of rotatable bonds is 1. The summed E-state index contributed by atoms with van der Waals surface area (Å²) in [5.74, 6) is -0.619. The molecule has 0 N–H and O–H groups in total. The van der Waals surface area contributed by atoms with Crippen LogP contribution in [-0.2, 0) is 9.59 Å². The molecule has 0 saturated heterocycles. The quantitative estimate of drug-likeness (QED) is 0.706. The van der Waals surface area contributed by atoms with Crippen LogP contribution in [0.25, 0.3) is 0 Å². The zero-order valence-electron chi connectivity index (χ0n) is 10.4. The van der Waals surface area contributed by atoms with Crippen molar-refractivity contribution in [2.45, 2.75) is 20.8 Å². The number of nitriles is 1. The third-order valence-electron chi connectivity index (χ3n) is 3.19. The molecular weight excluding hydrogens is 228 g/mol. The summed E-state index contributed by atoms with van der Waals surface area (Å²) < 4.78 is 0. The zero-order chi connectivity index (χ0) is 13.4. The van der Waals surface area contributed by atoms with Crippen molar-refractivity contribution in [3.05, 3.63) is 40.5 Å². The fourth-order valence-electron chi connectivity index (χ4n) is 1.89. The Kier molecular flexibility index (Phi) is 2.76. The van der Waals surface area contributed by atoms with E-state index in [2.05, 4.69) is 0 Å². The standard InChI is InChI=1S/C14H12N2O2/c1-8-4-5-11(7-15)6-12(8)16-13(17)9(2)10(3)14(16)18/h4-6H,1-3H3. The van der Waals surface area contributed by atoms with Crippen molar-refractivity contribution >= 4 is 17.5 Å². The molecule has 0 unspecified atom stereocenters. The Morgan fingerprint density at radius 2 is 1.61 bits per heavy atom. The van der Waals surface area contributed by atoms with Gasteiger partial charge in [-0.3, -0.25) is 9.59 Å². The molecule has 0 spiro atoms. The third-order valence-corrected chi connectivity index (χ3v) is 3.19. The molecule has 0 aliphatic carbocycles. The van der Waals surface area contributed by atoms with Crippen molar-refractivity contribution < 1.29 is 9.59 Å². The summed E-state index contributed by atoms with van der Waals surface area (Å²) in [6.45, 7) is 5.08. The third kappa shape index (κ3) is 1.61. The van der Waals surface area contributed by atoms with E-state index in [1.807, 2.05) is 6.07 Å². The highest BCUT2D eigenvalue weighted by molar-refractivity contribution is 6.32. The van der Waals surface area contributed by atoms with Gasteiger partial charge in [-0.1, -0.05) is 6.07 Å². The first-order chi connectivity index (χ1) is 8.47. The van der Waals surface area contributed by atoms with Gasteiger partial charge in [-0.2, -0.15) is 5.26 Å². The molecule has 0 bridgehead atoms. The van der Waals surface area contributed by atoms with Gasteiger partial charge in [-0.25, -0.2) is 4.90 Å². The highest BCUT2D eigenvalue weighted by Gasteiger charge is 2.35. The number of anilines is 1. The van der Waals surface area contributed by atoms with Crippen LogP contribution in [0, 0.1) is 18.3 Å². The van der Waals surface area contributed by atoms with Crippen molar-refractivity contribution in [1.29, 1.82) is 5.26 Å². The zero-order valence-corrected chi connectivity index (χ0v) is 10.4. The van der Waals surface area contributed by atoms with Crippen molar-refractivity contribution in [2.75, 3.05) is 4.90 Å². The van der Waals surface area contributed by atoms with Crippen molar-refractivity contribution in [1.82, 2.24) is 0 Å². The number of carbonyl (C=O) groups excluding carboxylic acids is 2. The second kappa shape index (κ2) is 4.11. The molecule has 0 fully saturated rings. The maximum Gasteiger partial charge on any atom is 0.261 e. The Balaban J connectivity index is 2.56. The molecule has 2 amide bonds. The van der Waals surface area contributed by atoms with Crippen LogP contribution in [0.3, 0.4) is 0 Å². The summed E-state index contributed by atoms with van der Waals surface area (Å²) >= 11 is 0. The van der Waals surface area contributed by atoms with E-state index in [0.29, 0.717) is 22.4 Å². The first-order valence-corrected chi connectivity index (χ1v) is 5.54. The lowest BCUT2D eigenvalue weighted by Gasteiger charge is -2.17. The molecule has 2 rings (SSSR count). The number of hydrogen-bond donors (Lipinski definition) is 0. The van der Waals surface area contributed by atoms with Crippen LogP contribution in [0.2, 0.25) is 0 Å². The van der Waals surface area contributed by atoms with Gasteiger partial charge < -0.3 is 0 Å². The lowest BCUT2D eigenvalue weighted by Crippen LogP contribution is -2.31. The van der Waals surface area contributed by atoms with Crippen LogP contribution in [0.15, 0.2) is 29.3 Å². The van der Waals surface area contributed by atoms with E-state index in [1.165, 1.54) is 0 Å². The number of benzene rings is 1. The molecule has 1 heterocycles. The van der Waals surface area contributed by atoms with Crippen molar-refractivity contribution in [3.63, 3.8) is 0 Å². The monoisotopic (exact) mass is 240 g/mol. The molecule has 1 aromatic rings. The minimum Gasteiger partial charge on any atom is -0.269 e. The Morgan fingerprint density at radius 1 is 1.06 bits per heavy atom. The summed E-state index contributed by atoms with van der Waals surface area (Å²) in [5, 5.41) is 8.88. The molecule has 4 heteroatoms. The fraction of sp³-hybridized carbons (Fsp3) is 0.214. The molecule has 4 nitrogen and oxygen atoms in total. The van der Waals surface area contributed by atoms with Crippen LogP contribution >= 0.6 is 0 Å². The second-order valence-corrected chi connectivity index (χ2v) is 4.31. The van der Waals surface area contributed by atoms with Gasteiger partial charge in [-0.15, -0.1) is 0 Å². The molecule has 1 aliphatic heterocycles. The Bertz CT molecular complexity index is 612. The predicted molar refractivity (Wildman–Crippen MR) is 66.8 cm³/mol. The summed E-state index contributed by atoms with van der Waals surface area (Å²) in [6, 6.07) is 6.97. The largest absolute Gasteiger partial charge is 0.269 e. The highest BCUT2D eigenvalue weighted by Crippen LogP contribution is 2.29. The predicted octanol–water partition coefficient (Wildman–Crippen LogP) is 2.08. The first-order valence-electron chi connectivity index (χ1n) is 5.54. The van der Waals surface area contributed by atoms with Gasteiger partial charge in [0.05, 0.1) is 17.3 Å². The summed E-state index contributed by atoms with van der Waals surface area (Å²) in [6.07, 6.45) is 0. The minimum absolute atomic E-state index is 0.310. The first kappa shape index (κ1) is 12.1. The number of carbonyl (C=O) groups is 2. The van der Waals surface area contributed by atoms with Crippen LogP contribution in [-0.4, -0.2) is 11.8 Å². The molecule has 0 atom stereocenters. The molecule has 0 radical (unpaired) electrons. The van der Waals surface area contributed by atoms with Crippen molar-refractivity contribution in [2.24, 2.45) is 0 Å². The molecule has 0 saturated carbocycles. The lowest BCUT2D eigenvalue weighted by molar-refractivity contribution is -0.120. The average molecular weight is 240 g/mol. The van der Waals surface area contributed by atoms with Crippen LogP contribution < -0.4 is 4.90 Å². The van der Waals surface area contributed by atoms with Crippen LogP contribution in [0.5, 0.6) is 0 Å². The highest BCUT2D eigenvalue weighted by atomic mass is 16.2. The van der Waals surface area contributed by atoms with Crippen molar-refractivity contribution in [3.8, 4) is 6.07 Å². The SMILES string of the molecule is CC1=C(C)C(=O)N(c2cc(C#N)ccc2C)C1=O. The van der Waals surface area contributed by atoms with E-state index in [-0.39, 0.29) is 11.8 Å². The van der Waals surface area contributed by atoms with Gasteiger partial charge in [0.25, 0.3) is 11.8 Å². The van der Waals surface area contributed by atoms with E-state index in [1.54, 1.807) is 39.0 Å². The van der Waals surface area contributed by atoms with Gasteiger partial charge >= 0.3 is 0 Å². The molecule has 18 heavy (non-hydrogen) atoms. The van der Waals surface area contributed by atoms with Gasteiger partial charge in [-0.05, 0) is 38.5 Å². The number of nitrogens with zero attached hydrogens (tertiary/aromatic N) is 2. The van der Waals surface area contributed by atoms with Gasteiger partial charge in [0.1, 0.15) is 0 Å². The number of aryl methyl sites for hydroxylation is 1. The van der Waals surface area contributed by atoms with E-state index >= 15 is 0 Å². The smallest absolute Gasteiger partial charge is 0.261 e. The van der Waals surface area contributed by atoms with Gasteiger partial charge in [0.2, 0.25) is 0 Å². The topological polar surface area (TPSA) is 61.2 Å². The van der Waals surface area contributed by atoms with Gasteiger partial charge in [0, 0.05) is 11.1 Å². The maximum absolute atomic E-state index is 12.0. The lowest BCUT2D eigenvalue weighted by atomic mass is 10.1. The summed E-state index contributed by atoms with van der Waals surface area (Å²) in [5.41, 5.74) is 2.63. The Morgan fingerprint density at radius 3 is 2.11 bits per heavy atom. The van der Waals surface area contributed by atoms with Crippen LogP contribution in [0.1, 0.15) is 25.0 Å². The van der Waals surface area contributed by atoms with Crippen LogP contribution in [0.4, 0.5) is 5.69 Å². The average Bonchev–Trinajstić information content (AvgIpc) is 2.55. The fourth-order valence-corrected chi connectivity index (χ4v) is 1.89. The van der Waals surface area contributed by atoms with E-state index in [9.17, 15) is 9.59 Å². The maximum atomic E-state index is 12.0. The number of hydrogen-bond acceptors (Lipinski definition) is 3. The molecular formula is C14H12N2O2. The van der Waals surface area contributed by atoms with E-state index in [4.69, 9.17) is 5.26 Å². The second-order valence-electron chi connectivity index (χ2n) is 4.31. The molecule has 1 aromatic carbocycles. The Hall–Kier alpha value is -2.41. The summed E-state index contributed by atoms with van der Waals surface area (Å²) in [7, 11) is 0. The Labute approximate surface area is 105 Å². The number of imide groups is 1. The number of amides is 2. The van der Waals surface area contributed by atoms with Gasteiger partial charge in [0.15, 0.2) is 0 Å².